The van der Waals surface area contributed by atoms with Crippen LogP contribution in [0.1, 0.15) is 28.8 Å². The Labute approximate surface area is 142 Å². The minimum absolute atomic E-state index is 0.0915. The largest absolute Gasteiger partial charge is 0.495 e. The molecular formula is C20H21NO3. The summed E-state index contributed by atoms with van der Waals surface area (Å²) >= 11 is 0. The van der Waals surface area contributed by atoms with Crippen LogP contribution in [0.3, 0.4) is 0 Å². The number of allylic oxidation sites excluding steroid dienone is 1. The van der Waals surface area contributed by atoms with Crippen LogP contribution in [0.2, 0.25) is 0 Å². The van der Waals surface area contributed by atoms with Gasteiger partial charge in [0.1, 0.15) is 18.5 Å². The van der Waals surface area contributed by atoms with Crippen LogP contribution in [0.5, 0.6) is 5.75 Å². The van der Waals surface area contributed by atoms with Gasteiger partial charge in [-0.25, -0.2) is 0 Å². The smallest absolute Gasteiger partial charge is 0.251 e. The summed E-state index contributed by atoms with van der Waals surface area (Å²) < 4.78 is 11.2. The fourth-order valence-electron chi connectivity index (χ4n) is 2.48. The van der Waals surface area contributed by atoms with Gasteiger partial charge in [0.25, 0.3) is 5.91 Å². The van der Waals surface area contributed by atoms with E-state index in [2.05, 4.69) is 5.32 Å². The first-order chi connectivity index (χ1) is 11.8. The maximum Gasteiger partial charge on any atom is 0.251 e. The van der Waals surface area contributed by atoms with E-state index in [4.69, 9.17) is 9.47 Å². The second kappa shape index (κ2) is 8.20. The number of nitrogens with one attached hydrogen (secondary N) is 1. The van der Waals surface area contributed by atoms with Gasteiger partial charge in [-0.05, 0) is 48.7 Å². The summed E-state index contributed by atoms with van der Waals surface area (Å²) in [6.45, 7) is 1.04. The van der Waals surface area contributed by atoms with Gasteiger partial charge >= 0.3 is 0 Å². The quantitative estimate of drug-likeness (QED) is 0.882. The van der Waals surface area contributed by atoms with Crippen LogP contribution in [0.4, 0.5) is 0 Å². The number of ether oxygens (including phenoxy) is 2. The normalized spacial score (nSPS) is 16.2. The zero-order chi connectivity index (χ0) is 16.6. The molecule has 1 aliphatic rings. The Morgan fingerprint density at radius 2 is 1.92 bits per heavy atom. The van der Waals surface area contributed by atoms with Gasteiger partial charge in [-0.2, -0.15) is 0 Å². The number of amides is 1. The first-order valence-corrected chi connectivity index (χ1v) is 8.17. The van der Waals surface area contributed by atoms with Crippen molar-refractivity contribution in [3.05, 3.63) is 78.1 Å². The number of hydrogen-bond acceptors (Lipinski definition) is 3. The van der Waals surface area contributed by atoms with Gasteiger partial charge in [-0.1, -0.05) is 30.3 Å². The Morgan fingerprint density at radius 1 is 1.12 bits per heavy atom. The average Bonchev–Trinajstić information content (AvgIpc) is 2.66. The van der Waals surface area contributed by atoms with Crippen LogP contribution < -0.4 is 10.1 Å². The van der Waals surface area contributed by atoms with Crippen molar-refractivity contribution in [3.8, 4) is 5.75 Å². The summed E-state index contributed by atoms with van der Waals surface area (Å²) in [4.78, 5) is 12.2. The molecule has 0 radical (unpaired) electrons. The molecule has 0 saturated heterocycles. The lowest BCUT2D eigenvalue weighted by Crippen LogP contribution is -2.23. The highest BCUT2D eigenvalue weighted by Crippen LogP contribution is 2.16. The highest BCUT2D eigenvalue weighted by molar-refractivity contribution is 5.94. The van der Waals surface area contributed by atoms with Crippen molar-refractivity contribution < 1.29 is 14.3 Å². The lowest BCUT2D eigenvalue weighted by atomic mass is 10.1. The van der Waals surface area contributed by atoms with Crippen molar-refractivity contribution in [1.29, 1.82) is 0 Å². The monoisotopic (exact) mass is 323 g/mol. The standard InChI is InChI=1S/C20H21NO3/c22-20(21-14-16-6-2-1-3-7-16)17-9-11-18(12-10-17)24-15-19-8-4-5-13-23-19/h1-3,5-7,9-13,19H,4,8,14-15H2,(H,21,22). The van der Waals surface area contributed by atoms with E-state index in [1.807, 2.05) is 48.5 Å². The summed E-state index contributed by atoms with van der Waals surface area (Å²) in [5.74, 6) is 0.652. The molecule has 0 aliphatic carbocycles. The van der Waals surface area contributed by atoms with Gasteiger partial charge in [-0.15, -0.1) is 0 Å². The summed E-state index contributed by atoms with van der Waals surface area (Å²) in [5.41, 5.74) is 1.70. The maximum absolute atomic E-state index is 12.2. The highest BCUT2D eigenvalue weighted by Gasteiger charge is 2.12. The highest BCUT2D eigenvalue weighted by atomic mass is 16.5. The van der Waals surface area contributed by atoms with Crippen molar-refractivity contribution in [2.75, 3.05) is 6.61 Å². The number of benzene rings is 2. The molecule has 1 heterocycles. The molecule has 0 aromatic heterocycles. The third-order valence-corrected chi connectivity index (χ3v) is 3.87. The minimum Gasteiger partial charge on any atom is -0.495 e. The van der Waals surface area contributed by atoms with E-state index in [0.29, 0.717) is 18.7 Å². The summed E-state index contributed by atoms with van der Waals surface area (Å²) in [6, 6.07) is 17.0. The predicted molar refractivity (Wildman–Crippen MR) is 92.8 cm³/mol. The Bertz CT molecular complexity index is 680. The Balaban J connectivity index is 1.48. The summed E-state index contributed by atoms with van der Waals surface area (Å²) in [5, 5.41) is 2.91. The second-order valence-corrected chi connectivity index (χ2v) is 5.71. The van der Waals surface area contributed by atoms with E-state index in [1.54, 1.807) is 18.4 Å². The van der Waals surface area contributed by atoms with Crippen molar-refractivity contribution in [2.24, 2.45) is 0 Å². The molecule has 1 N–H and O–H groups in total. The van der Waals surface area contributed by atoms with E-state index >= 15 is 0 Å². The molecule has 4 nitrogen and oxygen atoms in total. The van der Waals surface area contributed by atoms with Crippen LogP contribution in [0.15, 0.2) is 66.9 Å². The van der Waals surface area contributed by atoms with Crippen molar-refractivity contribution in [2.45, 2.75) is 25.5 Å². The first-order valence-electron chi connectivity index (χ1n) is 8.17. The third kappa shape index (κ3) is 4.62. The lowest BCUT2D eigenvalue weighted by Gasteiger charge is -2.19. The van der Waals surface area contributed by atoms with E-state index in [9.17, 15) is 4.79 Å². The second-order valence-electron chi connectivity index (χ2n) is 5.71. The molecule has 24 heavy (non-hydrogen) atoms. The zero-order valence-electron chi connectivity index (χ0n) is 13.5. The van der Waals surface area contributed by atoms with Gasteiger partial charge in [0.15, 0.2) is 0 Å². The number of carbonyl (C=O) groups excluding carboxylic acids is 1. The first kappa shape index (κ1) is 16.1. The molecular weight excluding hydrogens is 302 g/mol. The van der Waals surface area contributed by atoms with Crippen LogP contribution in [-0.2, 0) is 11.3 Å². The number of hydrogen-bond donors (Lipinski definition) is 1. The molecule has 1 atom stereocenters. The van der Waals surface area contributed by atoms with E-state index in [-0.39, 0.29) is 12.0 Å². The molecule has 0 fully saturated rings. The fourth-order valence-corrected chi connectivity index (χ4v) is 2.48. The topological polar surface area (TPSA) is 47.6 Å². The molecule has 0 saturated carbocycles. The molecule has 4 heteroatoms. The molecule has 2 aromatic carbocycles. The van der Waals surface area contributed by atoms with Gasteiger partial charge in [0, 0.05) is 12.1 Å². The SMILES string of the molecule is O=C(NCc1ccccc1)c1ccc(OCC2CCC=CO2)cc1. The zero-order valence-corrected chi connectivity index (χ0v) is 13.5. The predicted octanol–water partition coefficient (Wildman–Crippen LogP) is 3.69. The maximum atomic E-state index is 12.2. The van der Waals surface area contributed by atoms with Crippen molar-refractivity contribution in [1.82, 2.24) is 5.32 Å². The van der Waals surface area contributed by atoms with Gasteiger partial charge < -0.3 is 14.8 Å². The fraction of sp³-hybridized carbons (Fsp3) is 0.250. The molecule has 124 valence electrons. The summed E-state index contributed by atoms with van der Waals surface area (Å²) in [6.07, 6.45) is 5.84. The third-order valence-electron chi connectivity index (χ3n) is 3.87. The lowest BCUT2D eigenvalue weighted by molar-refractivity contribution is 0.0732. The van der Waals surface area contributed by atoms with Crippen LogP contribution in [0, 0.1) is 0 Å². The van der Waals surface area contributed by atoms with Crippen molar-refractivity contribution in [3.63, 3.8) is 0 Å². The molecule has 1 aliphatic heterocycles. The molecule has 3 rings (SSSR count). The molecule has 0 spiro atoms. The van der Waals surface area contributed by atoms with Gasteiger partial charge in [0.05, 0.1) is 6.26 Å². The van der Waals surface area contributed by atoms with Crippen LogP contribution >= 0.6 is 0 Å². The van der Waals surface area contributed by atoms with E-state index < -0.39 is 0 Å². The number of carbonyl (C=O) groups is 1. The molecule has 1 amide bonds. The van der Waals surface area contributed by atoms with Crippen LogP contribution in [-0.4, -0.2) is 18.6 Å². The Morgan fingerprint density at radius 3 is 2.62 bits per heavy atom. The Hall–Kier alpha value is -2.75. The average molecular weight is 323 g/mol. The molecule has 1 unspecified atom stereocenters. The summed E-state index contributed by atoms with van der Waals surface area (Å²) in [7, 11) is 0. The van der Waals surface area contributed by atoms with E-state index in [0.717, 1.165) is 24.2 Å². The minimum atomic E-state index is -0.0915. The van der Waals surface area contributed by atoms with Gasteiger partial charge in [-0.3, -0.25) is 4.79 Å². The van der Waals surface area contributed by atoms with E-state index in [1.165, 1.54) is 0 Å². The number of rotatable bonds is 6. The Kier molecular flexibility index (Phi) is 5.51. The molecule has 2 aromatic rings. The van der Waals surface area contributed by atoms with Gasteiger partial charge in [0.2, 0.25) is 0 Å². The van der Waals surface area contributed by atoms with Crippen LogP contribution in [0.25, 0.3) is 0 Å². The molecule has 0 bridgehead atoms. The van der Waals surface area contributed by atoms with Crippen molar-refractivity contribution >= 4 is 5.91 Å².